The van der Waals surface area contributed by atoms with Gasteiger partial charge < -0.3 is 11.5 Å². The second kappa shape index (κ2) is 3.58. The number of anilines is 1. The molecule has 0 spiro atoms. The number of hydrogen-bond acceptors (Lipinski definition) is 3. The van der Waals surface area contributed by atoms with Crippen molar-refractivity contribution >= 4 is 11.9 Å². The Hall–Kier alpha value is -1.35. The zero-order valence-corrected chi connectivity index (χ0v) is 7.99. The van der Waals surface area contributed by atoms with Crippen LogP contribution in [0.4, 0.5) is 5.82 Å². The Bertz CT molecular complexity index is 310. The van der Waals surface area contributed by atoms with Crippen molar-refractivity contribution in [2.75, 3.05) is 5.73 Å². The average molecular weight is 177 g/mol. The predicted molar refractivity (Wildman–Crippen MR) is 55.9 cm³/mol. The van der Waals surface area contributed by atoms with Gasteiger partial charge in [0.2, 0.25) is 0 Å². The minimum atomic E-state index is -0.317. The van der Waals surface area contributed by atoms with Crippen LogP contribution in [0.25, 0.3) is 6.08 Å². The Morgan fingerprint density at radius 1 is 1.46 bits per heavy atom. The second-order valence-corrected chi connectivity index (χ2v) is 3.63. The number of aromatic nitrogens is 1. The van der Waals surface area contributed by atoms with E-state index >= 15 is 0 Å². The summed E-state index contributed by atoms with van der Waals surface area (Å²) < 4.78 is 0. The highest BCUT2D eigenvalue weighted by Gasteiger charge is 2.04. The van der Waals surface area contributed by atoms with E-state index in [0.29, 0.717) is 5.82 Å². The minimum Gasteiger partial charge on any atom is -0.383 e. The van der Waals surface area contributed by atoms with Crippen LogP contribution in [0.5, 0.6) is 0 Å². The SMILES string of the molecule is CC(C)(N)/C=C\c1cccnc1N. The number of rotatable bonds is 2. The van der Waals surface area contributed by atoms with Gasteiger partial charge >= 0.3 is 0 Å². The third-order valence-electron chi connectivity index (χ3n) is 1.56. The molecule has 3 nitrogen and oxygen atoms in total. The molecule has 0 radical (unpaired) electrons. The lowest BCUT2D eigenvalue weighted by Gasteiger charge is -2.11. The molecule has 0 atom stereocenters. The van der Waals surface area contributed by atoms with Gasteiger partial charge in [-0.3, -0.25) is 0 Å². The number of nitrogen functional groups attached to an aromatic ring is 1. The van der Waals surface area contributed by atoms with E-state index in [1.807, 2.05) is 38.1 Å². The maximum Gasteiger partial charge on any atom is 0.130 e. The van der Waals surface area contributed by atoms with Gasteiger partial charge in [-0.15, -0.1) is 0 Å². The van der Waals surface area contributed by atoms with Crippen LogP contribution >= 0.6 is 0 Å². The standard InChI is InChI=1S/C10H15N3/c1-10(2,12)6-5-8-4-3-7-13-9(8)11/h3-7H,12H2,1-2H3,(H2,11,13)/b6-5-. The Kier molecular flexibility index (Phi) is 2.68. The van der Waals surface area contributed by atoms with Gasteiger partial charge in [-0.05, 0) is 26.0 Å². The predicted octanol–water partition coefficient (Wildman–Crippen LogP) is 1.41. The minimum absolute atomic E-state index is 0.317. The van der Waals surface area contributed by atoms with Crippen molar-refractivity contribution in [3.05, 3.63) is 30.0 Å². The van der Waals surface area contributed by atoms with E-state index in [4.69, 9.17) is 11.5 Å². The summed E-state index contributed by atoms with van der Waals surface area (Å²) in [7, 11) is 0. The fourth-order valence-corrected chi connectivity index (χ4v) is 0.875. The quantitative estimate of drug-likeness (QED) is 0.718. The van der Waals surface area contributed by atoms with Crippen LogP contribution in [0, 0.1) is 0 Å². The molecule has 0 aromatic carbocycles. The van der Waals surface area contributed by atoms with Crippen molar-refractivity contribution < 1.29 is 0 Å². The molecule has 13 heavy (non-hydrogen) atoms. The molecule has 0 aliphatic heterocycles. The molecular weight excluding hydrogens is 162 g/mol. The van der Waals surface area contributed by atoms with E-state index in [0.717, 1.165) is 5.56 Å². The zero-order chi connectivity index (χ0) is 9.90. The lowest BCUT2D eigenvalue weighted by atomic mass is 10.1. The monoisotopic (exact) mass is 177 g/mol. The first-order valence-electron chi connectivity index (χ1n) is 4.18. The molecule has 0 aliphatic rings. The first-order valence-corrected chi connectivity index (χ1v) is 4.18. The van der Waals surface area contributed by atoms with Crippen LogP contribution < -0.4 is 11.5 Å². The summed E-state index contributed by atoms with van der Waals surface area (Å²) in [5, 5.41) is 0. The van der Waals surface area contributed by atoms with E-state index in [1.54, 1.807) is 6.20 Å². The summed E-state index contributed by atoms with van der Waals surface area (Å²) in [5.41, 5.74) is 12.0. The maximum absolute atomic E-state index is 5.79. The fraction of sp³-hybridized carbons (Fsp3) is 0.300. The van der Waals surface area contributed by atoms with Crippen LogP contribution in [0.3, 0.4) is 0 Å². The number of nitrogens with two attached hydrogens (primary N) is 2. The highest BCUT2D eigenvalue weighted by atomic mass is 14.8. The molecule has 3 heteroatoms. The van der Waals surface area contributed by atoms with Gasteiger partial charge in [-0.1, -0.05) is 12.2 Å². The zero-order valence-electron chi connectivity index (χ0n) is 7.99. The van der Waals surface area contributed by atoms with E-state index < -0.39 is 0 Å². The van der Waals surface area contributed by atoms with Gasteiger partial charge in [-0.2, -0.15) is 0 Å². The maximum atomic E-state index is 5.79. The molecule has 0 amide bonds. The van der Waals surface area contributed by atoms with Crippen LogP contribution in [0.1, 0.15) is 19.4 Å². The smallest absolute Gasteiger partial charge is 0.130 e. The van der Waals surface area contributed by atoms with Crippen LogP contribution in [-0.4, -0.2) is 10.5 Å². The van der Waals surface area contributed by atoms with Crippen molar-refractivity contribution in [1.29, 1.82) is 0 Å². The molecule has 0 unspecified atom stereocenters. The Labute approximate surface area is 78.5 Å². The summed E-state index contributed by atoms with van der Waals surface area (Å²) in [4.78, 5) is 3.97. The molecule has 0 saturated heterocycles. The van der Waals surface area contributed by atoms with Crippen LogP contribution in [0.2, 0.25) is 0 Å². The van der Waals surface area contributed by atoms with E-state index in [9.17, 15) is 0 Å². The van der Waals surface area contributed by atoms with Gasteiger partial charge in [0.05, 0.1) is 0 Å². The van der Waals surface area contributed by atoms with E-state index in [-0.39, 0.29) is 5.54 Å². The molecule has 0 fully saturated rings. The molecular formula is C10H15N3. The molecule has 1 aromatic heterocycles. The van der Waals surface area contributed by atoms with E-state index in [1.165, 1.54) is 0 Å². The highest BCUT2D eigenvalue weighted by Crippen LogP contribution is 2.11. The summed E-state index contributed by atoms with van der Waals surface area (Å²) in [6.45, 7) is 3.85. The third kappa shape index (κ3) is 3.25. The van der Waals surface area contributed by atoms with Crippen molar-refractivity contribution in [3.8, 4) is 0 Å². The lowest BCUT2D eigenvalue weighted by molar-refractivity contribution is 0.657. The molecule has 0 saturated carbocycles. The highest BCUT2D eigenvalue weighted by molar-refractivity contribution is 5.61. The largest absolute Gasteiger partial charge is 0.383 e. The van der Waals surface area contributed by atoms with Crippen molar-refractivity contribution in [2.24, 2.45) is 5.73 Å². The number of hydrogen-bond donors (Lipinski definition) is 2. The van der Waals surface area contributed by atoms with Gasteiger partial charge in [0.1, 0.15) is 5.82 Å². The topological polar surface area (TPSA) is 64.9 Å². The van der Waals surface area contributed by atoms with Gasteiger partial charge in [-0.25, -0.2) is 4.98 Å². The average Bonchev–Trinajstić information content (AvgIpc) is 2.01. The lowest BCUT2D eigenvalue weighted by Crippen LogP contribution is -2.28. The summed E-state index contributed by atoms with van der Waals surface area (Å²) in [6, 6.07) is 3.75. The first-order chi connectivity index (χ1) is 5.99. The Balaban J connectivity index is 2.86. The van der Waals surface area contributed by atoms with Gasteiger partial charge in [0, 0.05) is 17.3 Å². The molecule has 1 heterocycles. The fourth-order valence-electron chi connectivity index (χ4n) is 0.875. The van der Waals surface area contributed by atoms with Gasteiger partial charge in [0.25, 0.3) is 0 Å². The van der Waals surface area contributed by atoms with Crippen LogP contribution in [0.15, 0.2) is 24.4 Å². The first kappa shape index (κ1) is 9.74. The summed E-state index contributed by atoms with van der Waals surface area (Å²) in [5.74, 6) is 0.531. The molecule has 0 aliphatic carbocycles. The Morgan fingerprint density at radius 3 is 2.69 bits per heavy atom. The molecule has 0 bridgehead atoms. The van der Waals surface area contributed by atoms with Crippen molar-refractivity contribution in [2.45, 2.75) is 19.4 Å². The van der Waals surface area contributed by atoms with Gasteiger partial charge in [0.15, 0.2) is 0 Å². The molecule has 70 valence electrons. The van der Waals surface area contributed by atoms with Crippen molar-refractivity contribution in [3.63, 3.8) is 0 Å². The van der Waals surface area contributed by atoms with Crippen LogP contribution in [-0.2, 0) is 0 Å². The molecule has 1 rings (SSSR count). The number of pyridine rings is 1. The molecule has 4 N–H and O–H groups in total. The second-order valence-electron chi connectivity index (χ2n) is 3.63. The number of nitrogens with zero attached hydrogens (tertiary/aromatic N) is 1. The van der Waals surface area contributed by atoms with E-state index in [2.05, 4.69) is 4.98 Å². The van der Waals surface area contributed by atoms with Crippen molar-refractivity contribution in [1.82, 2.24) is 4.98 Å². The molecule has 1 aromatic rings. The summed E-state index contributed by atoms with van der Waals surface area (Å²) >= 11 is 0. The summed E-state index contributed by atoms with van der Waals surface area (Å²) in [6.07, 6.45) is 5.46. The normalized spacial score (nSPS) is 12.2. The Morgan fingerprint density at radius 2 is 2.15 bits per heavy atom. The third-order valence-corrected chi connectivity index (χ3v) is 1.56.